The lowest BCUT2D eigenvalue weighted by Gasteiger charge is -2.07. The van der Waals surface area contributed by atoms with E-state index < -0.39 is 17.2 Å². The molecule has 1 aliphatic rings. The van der Waals surface area contributed by atoms with Crippen molar-refractivity contribution in [3.63, 3.8) is 0 Å². The van der Waals surface area contributed by atoms with Gasteiger partial charge in [-0.05, 0) is 30.5 Å². The minimum Gasteiger partial charge on any atom is -0.372 e. The highest BCUT2D eigenvalue weighted by Crippen LogP contribution is 2.32. The SMILES string of the molecule is O=c1oc(=O)n(CCC2CC2)c2ccc(F)cc12. The first-order chi connectivity index (χ1) is 8.65. The molecule has 0 radical (unpaired) electrons. The molecule has 1 aromatic carbocycles. The summed E-state index contributed by atoms with van der Waals surface area (Å²) in [5, 5.41) is 0.116. The molecule has 1 fully saturated rings. The van der Waals surface area contributed by atoms with E-state index in [0.717, 1.165) is 12.5 Å². The van der Waals surface area contributed by atoms with Crippen molar-refractivity contribution in [1.29, 1.82) is 0 Å². The first-order valence-corrected chi connectivity index (χ1v) is 5.98. The van der Waals surface area contributed by atoms with Gasteiger partial charge in [-0.15, -0.1) is 0 Å². The van der Waals surface area contributed by atoms with E-state index in [1.54, 1.807) is 0 Å². The van der Waals surface area contributed by atoms with Crippen molar-refractivity contribution < 1.29 is 8.81 Å². The van der Waals surface area contributed by atoms with Crippen LogP contribution in [0.15, 0.2) is 32.2 Å². The van der Waals surface area contributed by atoms with Gasteiger partial charge in [0.15, 0.2) is 0 Å². The number of halogens is 1. The summed E-state index contributed by atoms with van der Waals surface area (Å²) in [6.07, 6.45) is 3.27. The number of rotatable bonds is 3. The molecule has 0 N–H and O–H groups in total. The molecule has 0 unspecified atom stereocenters. The number of aromatic nitrogens is 1. The second kappa shape index (κ2) is 4.08. The van der Waals surface area contributed by atoms with Crippen molar-refractivity contribution in [3.05, 3.63) is 45.0 Å². The zero-order valence-electron chi connectivity index (χ0n) is 9.69. The number of hydrogen-bond acceptors (Lipinski definition) is 3. The predicted molar refractivity (Wildman–Crippen MR) is 64.0 cm³/mol. The predicted octanol–water partition coefficient (Wildman–Crippen LogP) is 1.89. The Bertz CT molecular complexity index is 712. The van der Waals surface area contributed by atoms with E-state index in [-0.39, 0.29) is 5.39 Å². The summed E-state index contributed by atoms with van der Waals surface area (Å²) in [4.78, 5) is 23.2. The zero-order chi connectivity index (χ0) is 12.7. The summed E-state index contributed by atoms with van der Waals surface area (Å²) in [7, 11) is 0. The largest absolute Gasteiger partial charge is 0.422 e. The van der Waals surface area contributed by atoms with Crippen molar-refractivity contribution >= 4 is 10.9 Å². The van der Waals surface area contributed by atoms with Gasteiger partial charge >= 0.3 is 11.4 Å². The summed E-state index contributed by atoms with van der Waals surface area (Å²) in [6, 6.07) is 3.80. The van der Waals surface area contributed by atoms with Crippen LogP contribution in [0.5, 0.6) is 0 Å². The maximum atomic E-state index is 13.1. The molecule has 4 nitrogen and oxygen atoms in total. The monoisotopic (exact) mass is 249 g/mol. The lowest BCUT2D eigenvalue weighted by Crippen LogP contribution is -2.25. The third kappa shape index (κ3) is 1.96. The average Bonchev–Trinajstić information content (AvgIpc) is 3.13. The van der Waals surface area contributed by atoms with Gasteiger partial charge < -0.3 is 4.42 Å². The third-order valence-corrected chi connectivity index (χ3v) is 3.33. The summed E-state index contributed by atoms with van der Waals surface area (Å²) in [5.74, 6) is -0.513. The van der Waals surface area contributed by atoms with Gasteiger partial charge in [0.25, 0.3) is 0 Å². The fraction of sp³-hybridized carbons (Fsp3) is 0.385. The van der Waals surface area contributed by atoms with Crippen LogP contribution >= 0.6 is 0 Å². The fourth-order valence-electron chi connectivity index (χ4n) is 2.12. The van der Waals surface area contributed by atoms with Gasteiger partial charge in [0.1, 0.15) is 5.82 Å². The summed E-state index contributed by atoms with van der Waals surface area (Å²) < 4.78 is 19.1. The van der Waals surface area contributed by atoms with E-state index in [4.69, 9.17) is 0 Å². The normalized spacial score (nSPS) is 15.2. The van der Waals surface area contributed by atoms with Crippen LogP contribution in [0.1, 0.15) is 19.3 Å². The standard InChI is InChI=1S/C13H12FNO3/c14-9-3-4-11-10(7-9)12(16)18-13(17)15(11)6-5-8-1-2-8/h3-4,7-8H,1-2,5-6H2. The smallest absolute Gasteiger partial charge is 0.372 e. The summed E-state index contributed by atoms with van der Waals surface area (Å²) in [5.41, 5.74) is -0.338. The first-order valence-electron chi connectivity index (χ1n) is 5.98. The molecule has 0 atom stereocenters. The Morgan fingerprint density at radius 2 is 2.11 bits per heavy atom. The van der Waals surface area contributed by atoms with Gasteiger partial charge in [-0.3, -0.25) is 4.57 Å². The van der Waals surface area contributed by atoms with Gasteiger partial charge in [-0.25, -0.2) is 14.0 Å². The van der Waals surface area contributed by atoms with Crippen LogP contribution in [0.2, 0.25) is 0 Å². The lowest BCUT2D eigenvalue weighted by atomic mass is 10.2. The van der Waals surface area contributed by atoms with Crippen molar-refractivity contribution in [2.75, 3.05) is 0 Å². The Labute approximate surface area is 102 Å². The lowest BCUT2D eigenvalue weighted by molar-refractivity contribution is 0.408. The Kier molecular flexibility index (Phi) is 2.54. The molecule has 0 saturated heterocycles. The molecular weight excluding hydrogens is 237 g/mol. The van der Waals surface area contributed by atoms with Crippen molar-refractivity contribution in [2.24, 2.45) is 5.92 Å². The molecule has 18 heavy (non-hydrogen) atoms. The van der Waals surface area contributed by atoms with E-state index in [1.807, 2.05) is 0 Å². The molecule has 1 saturated carbocycles. The van der Waals surface area contributed by atoms with Gasteiger partial charge in [0.05, 0.1) is 10.9 Å². The first kappa shape index (κ1) is 11.2. The molecule has 94 valence electrons. The Balaban J connectivity index is 2.15. The van der Waals surface area contributed by atoms with Crippen LogP contribution in [0.4, 0.5) is 4.39 Å². The maximum absolute atomic E-state index is 13.1. The molecular formula is C13H12FNO3. The number of hydrogen-bond donors (Lipinski definition) is 0. The summed E-state index contributed by atoms with van der Waals surface area (Å²) in [6.45, 7) is 0.509. The molecule has 0 spiro atoms. The van der Waals surface area contributed by atoms with Crippen molar-refractivity contribution in [2.45, 2.75) is 25.8 Å². The molecule has 0 bridgehead atoms. The molecule has 1 aromatic heterocycles. The fourth-order valence-corrected chi connectivity index (χ4v) is 2.12. The topological polar surface area (TPSA) is 52.2 Å². The molecule has 1 heterocycles. The highest BCUT2D eigenvalue weighted by atomic mass is 19.1. The van der Waals surface area contributed by atoms with Crippen LogP contribution in [-0.2, 0) is 6.54 Å². The molecule has 5 heteroatoms. The van der Waals surface area contributed by atoms with Crippen LogP contribution < -0.4 is 11.4 Å². The van der Waals surface area contributed by atoms with Crippen LogP contribution in [0.3, 0.4) is 0 Å². The van der Waals surface area contributed by atoms with E-state index in [2.05, 4.69) is 4.42 Å². The second-order valence-corrected chi connectivity index (χ2v) is 4.70. The zero-order valence-corrected chi connectivity index (χ0v) is 9.69. The maximum Gasteiger partial charge on any atom is 0.422 e. The average molecular weight is 249 g/mol. The van der Waals surface area contributed by atoms with Crippen LogP contribution in [0, 0.1) is 11.7 Å². The Hall–Kier alpha value is -1.91. The number of benzene rings is 1. The number of nitrogens with zero attached hydrogens (tertiary/aromatic N) is 1. The minimum absolute atomic E-state index is 0.116. The Morgan fingerprint density at radius 1 is 1.33 bits per heavy atom. The van der Waals surface area contributed by atoms with E-state index in [9.17, 15) is 14.0 Å². The van der Waals surface area contributed by atoms with Gasteiger partial charge in [0.2, 0.25) is 0 Å². The minimum atomic E-state index is -0.780. The van der Waals surface area contributed by atoms with E-state index >= 15 is 0 Å². The second-order valence-electron chi connectivity index (χ2n) is 4.70. The highest BCUT2D eigenvalue weighted by Gasteiger charge is 2.21. The molecule has 0 amide bonds. The van der Waals surface area contributed by atoms with Gasteiger partial charge in [0, 0.05) is 6.54 Å². The van der Waals surface area contributed by atoms with Crippen molar-refractivity contribution in [3.8, 4) is 0 Å². The number of aryl methyl sites for hydroxylation is 1. The molecule has 2 aromatic rings. The molecule has 1 aliphatic carbocycles. The molecule has 3 rings (SSSR count). The van der Waals surface area contributed by atoms with Crippen LogP contribution in [0.25, 0.3) is 10.9 Å². The number of fused-ring (bicyclic) bond motifs is 1. The quantitative estimate of drug-likeness (QED) is 0.834. The van der Waals surface area contributed by atoms with Gasteiger partial charge in [-0.1, -0.05) is 12.8 Å². The Morgan fingerprint density at radius 3 is 2.83 bits per heavy atom. The summed E-state index contributed by atoms with van der Waals surface area (Å²) >= 11 is 0. The molecule has 0 aliphatic heterocycles. The highest BCUT2D eigenvalue weighted by molar-refractivity contribution is 5.77. The van der Waals surface area contributed by atoms with Crippen LogP contribution in [-0.4, -0.2) is 4.57 Å². The van der Waals surface area contributed by atoms with Gasteiger partial charge in [-0.2, -0.15) is 0 Å². The van der Waals surface area contributed by atoms with E-state index in [0.29, 0.717) is 18.0 Å². The van der Waals surface area contributed by atoms with E-state index in [1.165, 1.54) is 29.5 Å². The van der Waals surface area contributed by atoms with Crippen molar-refractivity contribution in [1.82, 2.24) is 4.57 Å². The third-order valence-electron chi connectivity index (χ3n) is 3.33.